The molecule has 0 fully saturated rings. The van der Waals surface area contributed by atoms with Gasteiger partial charge in [0.15, 0.2) is 0 Å². The van der Waals surface area contributed by atoms with Crippen molar-refractivity contribution in [3.8, 4) is 0 Å². The first kappa shape index (κ1) is 14.7. The van der Waals surface area contributed by atoms with Crippen LogP contribution in [0.1, 0.15) is 0 Å². The standard InChI is InChI=1S/C8H8O9/c9-2-6(13)16-5(12)1-4(11)8(15)17-7(14)3-10/h1,9-11H,2-3H2/b4-1+. The van der Waals surface area contributed by atoms with Crippen molar-refractivity contribution in [1.29, 1.82) is 0 Å². The van der Waals surface area contributed by atoms with Gasteiger partial charge in [0.2, 0.25) is 5.76 Å². The first-order chi connectivity index (χ1) is 7.90. The normalized spacial score (nSPS) is 10.6. The Kier molecular flexibility index (Phi) is 6.14. The second-order valence-electron chi connectivity index (χ2n) is 2.40. The summed E-state index contributed by atoms with van der Waals surface area (Å²) in [4.78, 5) is 42.3. The van der Waals surface area contributed by atoms with Gasteiger partial charge in [-0.2, -0.15) is 0 Å². The van der Waals surface area contributed by atoms with Crippen molar-refractivity contribution in [2.45, 2.75) is 0 Å². The van der Waals surface area contributed by atoms with Crippen molar-refractivity contribution in [2.24, 2.45) is 0 Å². The first-order valence-corrected chi connectivity index (χ1v) is 4.02. The van der Waals surface area contributed by atoms with E-state index in [9.17, 15) is 19.2 Å². The maximum absolute atomic E-state index is 10.8. The summed E-state index contributed by atoms with van der Waals surface area (Å²) >= 11 is 0. The van der Waals surface area contributed by atoms with E-state index in [-0.39, 0.29) is 6.08 Å². The van der Waals surface area contributed by atoms with Crippen molar-refractivity contribution in [3.05, 3.63) is 11.8 Å². The largest absolute Gasteiger partial charge is 0.502 e. The Morgan fingerprint density at radius 1 is 0.941 bits per heavy atom. The summed E-state index contributed by atoms with van der Waals surface area (Å²) in [5, 5.41) is 25.3. The van der Waals surface area contributed by atoms with E-state index >= 15 is 0 Å². The van der Waals surface area contributed by atoms with E-state index in [1.54, 1.807) is 0 Å². The molecule has 0 heterocycles. The second-order valence-corrected chi connectivity index (χ2v) is 2.40. The SMILES string of the molecule is O=C(/C=C(/O)C(=O)OC(=O)CO)OC(=O)CO. The lowest BCUT2D eigenvalue weighted by atomic mass is 10.4. The number of carbonyl (C=O) groups is 4. The average molecular weight is 248 g/mol. The molecular formula is C8H8O9. The van der Waals surface area contributed by atoms with Gasteiger partial charge in [-0.1, -0.05) is 0 Å². The minimum Gasteiger partial charge on any atom is -0.502 e. The lowest BCUT2D eigenvalue weighted by Gasteiger charge is -1.99. The minimum atomic E-state index is -1.60. The van der Waals surface area contributed by atoms with Crippen molar-refractivity contribution in [1.82, 2.24) is 0 Å². The number of rotatable bonds is 4. The van der Waals surface area contributed by atoms with Crippen molar-refractivity contribution in [3.63, 3.8) is 0 Å². The van der Waals surface area contributed by atoms with Gasteiger partial charge in [0.1, 0.15) is 13.2 Å². The molecule has 0 aliphatic heterocycles. The first-order valence-electron chi connectivity index (χ1n) is 4.02. The minimum absolute atomic E-state index is 0.167. The Hall–Kier alpha value is -2.26. The Morgan fingerprint density at radius 2 is 1.41 bits per heavy atom. The average Bonchev–Trinajstić information content (AvgIpc) is 2.28. The summed E-state index contributed by atoms with van der Waals surface area (Å²) in [7, 11) is 0. The van der Waals surface area contributed by atoms with E-state index in [2.05, 4.69) is 9.47 Å². The summed E-state index contributed by atoms with van der Waals surface area (Å²) in [6.07, 6.45) is 0.167. The van der Waals surface area contributed by atoms with Gasteiger partial charge in [0.25, 0.3) is 0 Å². The highest BCUT2D eigenvalue weighted by Gasteiger charge is 2.17. The van der Waals surface area contributed by atoms with E-state index in [0.29, 0.717) is 0 Å². The molecule has 0 amide bonds. The molecular weight excluding hydrogens is 240 g/mol. The zero-order chi connectivity index (χ0) is 13.4. The van der Waals surface area contributed by atoms with E-state index in [1.165, 1.54) is 0 Å². The maximum atomic E-state index is 10.8. The van der Waals surface area contributed by atoms with Crippen LogP contribution < -0.4 is 0 Å². The fourth-order valence-corrected chi connectivity index (χ4v) is 0.532. The van der Waals surface area contributed by atoms with E-state index in [1.807, 2.05) is 0 Å². The highest BCUT2D eigenvalue weighted by atomic mass is 16.6. The van der Waals surface area contributed by atoms with Crippen molar-refractivity contribution < 1.29 is 44.0 Å². The molecule has 0 saturated carbocycles. The third kappa shape index (κ3) is 6.02. The van der Waals surface area contributed by atoms with Gasteiger partial charge >= 0.3 is 23.9 Å². The zero-order valence-corrected chi connectivity index (χ0v) is 8.28. The molecule has 17 heavy (non-hydrogen) atoms. The number of esters is 4. The summed E-state index contributed by atoms with van der Waals surface area (Å²) in [5.41, 5.74) is 0. The maximum Gasteiger partial charge on any atom is 0.381 e. The molecule has 0 aliphatic carbocycles. The lowest BCUT2D eigenvalue weighted by molar-refractivity contribution is -0.162. The molecule has 0 radical (unpaired) electrons. The van der Waals surface area contributed by atoms with Gasteiger partial charge in [0, 0.05) is 0 Å². The summed E-state index contributed by atoms with van der Waals surface area (Å²) in [6, 6.07) is 0. The Labute approximate surface area is 93.9 Å². The Bertz CT molecular complexity index is 367. The lowest BCUT2D eigenvalue weighted by Crippen LogP contribution is -2.19. The summed E-state index contributed by atoms with van der Waals surface area (Å²) in [6.45, 7) is -2.15. The van der Waals surface area contributed by atoms with Gasteiger partial charge in [-0.05, 0) is 0 Å². The summed E-state index contributed by atoms with van der Waals surface area (Å²) in [5.74, 6) is -6.97. The highest BCUT2D eigenvalue weighted by molar-refractivity contribution is 6.01. The topological polar surface area (TPSA) is 147 Å². The molecule has 0 aromatic heterocycles. The number of aliphatic hydroxyl groups is 3. The molecule has 0 saturated heterocycles. The quantitative estimate of drug-likeness (QED) is 0.213. The predicted octanol–water partition coefficient (Wildman–Crippen LogP) is -2.45. The second kappa shape index (κ2) is 7.09. The molecule has 0 aliphatic rings. The van der Waals surface area contributed by atoms with E-state index in [4.69, 9.17) is 15.3 Å². The van der Waals surface area contributed by atoms with Crippen LogP contribution in [0.2, 0.25) is 0 Å². The van der Waals surface area contributed by atoms with Crippen LogP contribution in [-0.4, -0.2) is 52.4 Å². The number of hydrogen-bond acceptors (Lipinski definition) is 9. The molecule has 0 rings (SSSR count). The third-order valence-electron chi connectivity index (χ3n) is 1.14. The molecule has 94 valence electrons. The van der Waals surface area contributed by atoms with Crippen LogP contribution in [0.25, 0.3) is 0 Å². The fraction of sp³-hybridized carbons (Fsp3) is 0.250. The van der Waals surface area contributed by atoms with Crippen molar-refractivity contribution in [2.75, 3.05) is 13.2 Å². The molecule has 9 heteroatoms. The molecule has 0 spiro atoms. The van der Waals surface area contributed by atoms with Crippen LogP contribution in [-0.2, 0) is 28.7 Å². The molecule has 0 aromatic carbocycles. The third-order valence-corrected chi connectivity index (χ3v) is 1.14. The van der Waals surface area contributed by atoms with Crippen LogP contribution >= 0.6 is 0 Å². The van der Waals surface area contributed by atoms with Gasteiger partial charge in [-0.3, -0.25) is 0 Å². The molecule has 9 nitrogen and oxygen atoms in total. The number of carbonyl (C=O) groups excluding carboxylic acids is 4. The fourth-order valence-electron chi connectivity index (χ4n) is 0.532. The number of hydrogen-bond donors (Lipinski definition) is 3. The van der Waals surface area contributed by atoms with E-state index in [0.717, 1.165) is 0 Å². The van der Waals surface area contributed by atoms with E-state index < -0.39 is 42.9 Å². The molecule has 0 unspecified atom stereocenters. The van der Waals surface area contributed by atoms with Gasteiger partial charge < -0.3 is 24.8 Å². The zero-order valence-electron chi connectivity index (χ0n) is 8.28. The van der Waals surface area contributed by atoms with Gasteiger partial charge in [-0.15, -0.1) is 0 Å². The monoisotopic (exact) mass is 248 g/mol. The Morgan fingerprint density at radius 3 is 1.88 bits per heavy atom. The van der Waals surface area contributed by atoms with Crippen LogP contribution in [0.4, 0.5) is 0 Å². The Balaban J connectivity index is 4.42. The van der Waals surface area contributed by atoms with Crippen LogP contribution in [0.3, 0.4) is 0 Å². The highest BCUT2D eigenvalue weighted by Crippen LogP contribution is 1.95. The summed E-state index contributed by atoms with van der Waals surface area (Å²) < 4.78 is 7.65. The molecule has 3 N–H and O–H groups in total. The van der Waals surface area contributed by atoms with Gasteiger partial charge in [0.05, 0.1) is 6.08 Å². The number of ether oxygens (including phenoxy) is 2. The van der Waals surface area contributed by atoms with Crippen molar-refractivity contribution >= 4 is 23.9 Å². The van der Waals surface area contributed by atoms with Crippen LogP contribution in [0, 0.1) is 0 Å². The number of aliphatic hydroxyl groups excluding tert-OH is 3. The van der Waals surface area contributed by atoms with Gasteiger partial charge in [-0.25, -0.2) is 19.2 Å². The molecule has 0 aromatic rings. The van der Waals surface area contributed by atoms with Crippen LogP contribution in [0.5, 0.6) is 0 Å². The molecule has 0 bridgehead atoms. The smallest absolute Gasteiger partial charge is 0.381 e. The molecule has 0 atom stereocenters. The van der Waals surface area contributed by atoms with Crippen LogP contribution in [0.15, 0.2) is 11.8 Å². The predicted molar refractivity (Wildman–Crippen MR) is 47.1 cm³/mol.